The molecular formula is C18H18N4O2. The molecule has 1 aliphatic carbocycles. The average Bonchev–Trinajstić information content (AvgIpc) is 3.00. The number of aromatic nitrogens is 3. The monoisotopic (exact) mass is 322 g/mol. The molecule has 0 saturated heterocycles. The number of benzene rings is 1. The third-order valence-corrected chi connectivity index (χ3v) is 4.50. The van der Waals surface area contributed by atoms with Crippen LogP contribution in [0.15, 0.2) is 41.3 Å². The first-order valence-electron chi connectivity index (χ1n) is 8.10. The molecule has 6 heteroatoms. The maximum Gasteiger partial charge on any atom is 0.274 e. The molecule has 0 radical (unpaired) electrons. The molecule has 1 aliphatic rings. The molecule has 2 N–H and O–H groups in total. The van der Waals surface area contributed by atoms with Crippen LogP contribution in [0.5, 0.6) is 0 Å². The summed E-state index contributed by atoms with van der Waals surface area (Å²) >= 11 is 0. The summed E-state index contributed by atoms with van der Waals surface area (Å²) in [6.45, 7) is 1.78. The van der Waals surface area contributed by atoms with E-state index in [9.17, 15) is 9.59 Å². The minimum atomic E-state index is -0.252. The van der Waals surface area contributed by atoms with E-state index in [1.165, 1.54) is 21.7 Å². The third-order valence-electron chi connectivity index (χ3n) is 4.50. The highest BCUT2D eigenvalue weighted by molar-refractivity contribution is 5.93. The number of amides is 1. The van der Waals surface area contributed by atoms with Gasteiger partial charge in [-0.3, -0.25) is 9.59 Å². The van der Waals surface area contributed by atoms with Crippen molar-refractivity contribution in [3.63, 3.8) is 0 Å². The molecule has 1 amide bonds. The zero-order valence-corrected chi connectivity index (χ0v) is 13.4. The first kappa shape index (κ1) is 14.7. The highest BCUT2D eigenvalue weighted by atomic mass is 16.2. The molecule has 4 rings (SSSR count). The number of hydrogen-bond acceptors (Lipinski definition) is 3. The number of hydrogen-bond donors (Lipinski definition) is 2. The largest absolute Gasteiger partial charge is 0.344 e. The Hall–Kier alpha value is -2.89. The number of nitrogens with one attached hydrogen (secondary N) is 2. The first-order valence-corrected chi connectivity index (χ1v) is 8.10. The van der Waals surface area contributed by atoms with Gasteiger partial charge in [0.05, 0.1) is 6.04 Å². The Kier molecular flexibility index (Phi) is 3.45. The Morgan fingerprint density at radius 1 is 1.38 bits per heavy atom. The lowest BCUT2D eigenvalue weighted by atomic mass is 9.88. The lowest BCUT2D eigenvalue weighted by molar-refractivity contribution is 0.0927. The smallest absolute Gasteiger partial charge is 0.274 e. The minimum Gasteiger partial charge on any atom is -0.344 e. The lowest BCUT2D eigenvalue weighted by Gasteiger charge is -2.26. The van der Waals surface area contributed by atoms with Crippen LogP contribution >= 0.6 is 0 Å². The summed E-state index contributed by atoms with van der Waals surface area (Å²) in [5.74, 6) is -0.252. The summed E-state index contributed by atoms with van der Waals surface area (Å²) in [6.07, 6.45) is 4.71. The predicted octanol–water partition coefficient (Wildman–Crippen LogP) is 2.14. The van der Waals surface area contributed by atoms with Crippen LogP contribution in [0.2, 0.25) is 0 Å². The fraction of sp³-hybridized carbons (Fsp3) is 0.278. The highest BCUT2D eigenvalue weighted by Gasteiger charge is 2.23. The van der Waals surface area contributed by atoms with Crippen molar-refractivity contribution in [2.24, 2.45) is 0 Å². The van der Waals surface area contributed by atoms with E-state index in [0.29, 0.717) is 11.2 Å². The molecule has 1 unspecified atom stereocenters. The lowest BCUT2D eigenvalue weighted by Crippen LogP contribution is -2.31. The Morgan fingerprint density at radius 3 is 3.08 bits per heavy atom. The summed E-state index contributed by atoms with van der Waals surface area (Å²) in [6, 6.07) is 9.73. The standard InChI is InChI=1S/C18H18N4O2/c1-11-10-22-16(18(24)19-11)9-15(21-22)17(23)20-14-8-4-6-12-5-2-3-7-13(12)14/h2-3,5,7,9-10,14H,4,6,8H2,1H3,(H,19,24)(H,20,23). The fourth-order valence-electron chi connectivity index (χ4n) is 3.37. The molecular weight excluding hydrogens is 304 g/mol. The van der Waals surface area contributed by atoms with Gasteiger partial charge in [0, 0.05) is 18.0 Å². The molecule has 3 aromatic rings. The molecule has 0 aliphatic heterocycles. The molecule has 1 atom stereocenters. The molecule has 122 valence electrons. The molecule has 2 aromatic heterocycles. The van der Waals surface area contributed by atoms with Crippen molar-refractivity contribution in [2.45, 2.75) is 32.2 Å². The Morgan fingerprint density at radius 2 is 2.21 bits per heavy atom. The number of aromatic amines is 1. The van der Waals surface area contributed by atoms with Crippen molar-refractivity contribution >= 4 is 11.4 Å². The van der Waals surface area contributed by atoms with Gasteiger partial charge in [0.1, 0.15) is 5.52 Å². The fourth-order valence-corrected chi connectivity index (χ4v) is 3.37. The molecule has 0 fully saturated rings. The second-order valence-corrected chi connectivity index (χ2v) is 6.24. The van der Waals surface area contributed by atoms with Gasteiger partial charge in [0.15, 0.2) is 5.69 Å². The molecule has 0 saturated carbocycles. The van der Waals surface area contributed by atoms with Crippen molar-refractivity contribution < 1.29 is 4.79 Å². The summed E-state index contributed by atoms with van der Waals surface area (Å²) in [7, 11) is 0. The van der Waals surface area contributed by atoms with Crippen LogP contribution in [0.25, 0.3) is 5.52 Å². The second kappa shape index (κ2) is 5.63. The van der Waals surface area contributed by atoms with Gasteiger partial charge in [-0.05, 0) is 37.3 Å². The van der Waals surface area contributed by atoms with Gasteiger partial charge in [-0.15, -0.1) is 0 Å². The van der Waals surface area contributed by atoms with Gasteiger partial charge >= 0.3 is 0 Å². The summed E-state index contributed by atoms with van der Waals surface area (Å²) in [5.41, 5.74) is 3.54. The Labute approximate surface area is 138 Å². The third kappa shape index (κ3) is 2.50. The molecule has 6 nitrogen and oxygen atoms in total. The first-order chi connectivity index (χ1) is 11.6. The Balaban J connectivity index is 1.64. The van der Waals surface area contributed by atoms with Crippen LogP contribution in [-0.4, -0.2) is 20.5 Å². The molecule has 24 heavy (non-hydrogen) atoms. The summed E-state index contributed by atoms with van der Waals surface area (Å²) < 4.78 is 1.46. The van der Waals surface area contributed by atoms with E-state index in [1.807, 2.05) is 12.1 Å². The van der Waals surface area contributed by atoms with E-state index in [4.69, 9.17) is 0 Å². The van der Waals surface area contributed by atoms with Crippen LogP contribution in [0, 0.1) is 6.92 Å². The number of aryl methyl sites for hydroxylation is 2. The molecule has 1 aromatic carbocycles. The van der Waals surface area contributed by atoms with E-state index in [0.717, 1.165) is 19.3 Å². The predicted molar refractivity (Wildman–Crippen MR) is 90.1 cm³/mol. The zero-order chi connectivity index (χ0) is 16.7. The van der Waals surface area contributed by atoms with Crippen LogP contribution in [0.1, 0.15) is 46.2 Å². The van der Waals surface area contributed by atoms with E-state index in [2.05, 4.69) is 27.5 Å². The van der Waals surface area contributed by atoms with Crippen LogP contribution in [0.4, 0.5) is 0 Å². The van der Waals surface area contributed by atoms with E-state index < -0.39 is 0 Å². The SMILES string of the molecule is Cc1cn2nc(C(=O)NC3CCCc4ccccc43)cc2c(=O)[nH]1. The number of nitrogens with zero attached hydrogens (tertiary/aromatic N) is 2. The number of fused-ring (bicyclic) bond motifs is 2. The maximum atomic E-state index is 12.6. The number of rotatable bonds is 2. The van der Waals surface area contributed by atoms with Crippen LogP contribution in [0.3, 0.4) is 0 Å². The highest BCUT2D eigenvalue weighted by Crippen LogP contribution is 2.29. The normalized spacial score (nSPS) is 16.8. The van der Waals surface area contributed by atoms with Crippen molar-refractivity contribution in [1.29, 1.82) is 0 Å². The van der Waals surface area contributed by atoms with Gasteiger partial charge in [-0.2, -0.15) is 5.10 Å². The van der Waals surface area contributed by atoms with Crippen LogP contribution < -0.4 is 10.9 Å². The molecule has 0 bridgehead atoms. The van der Waals surface area contributed by atoms with E-state index in [-0.39, 0.29) is 23.2 Å². The van der Waals surface area contributed by atoms with Crippen molar-refractivity contribution in [2.75, 3.05) is 0 Å². The Bertz CT molecular complexity index is 986. The summed E-state index contributed by atoms with van der Waals surface area (Å²) in [4.78, 5) is 27.2. The number of carbonyl (C=O) groups is 1. The molecule has 2 heterocycles. The molecule has 0 spiro atoms. The second-order valence-electron chi connectivity index (χ2n) is 6.24. The number of H-pyrrole nitrogens is 1. The van der Waals surface area contributed by atoms with Gasteiger partial charge in [-0.1, -0.05) is 24.3 Å². The van der Waals surface area contributed by atoms with Crippen molar-refractivity contribution in [3.05, 3.63) is 69.4 Å². The van der Waals surface area contributed by atoms with Crippen molar-refractivity contribution in [1.82, 2.24) is 19.9 Å². The quantitative estimate of drug-likeness (QED) is 0.758. The van der Waals surface area contributed by atoms with Gasteiger partial charge in [0.25, 0.3) is 11.5 Å². The minimum absolute atomic E-state index is 0.00715. The zero-order valence-electron chi connectivity index (χ0n) is 13.4. The summed E-state index contributed by atoms with van der Waals surface area (Å²) in [5, 5.41) is 7.30. The van der Waals surface area contributed by atoms with Crippen molar-refractivity contribution in [3.8, 4) is 0 Å². The van der Waals surface area contributed by atoms with E-state index in [1.54, 1.807) is 13.1 Å². The van der Waals surface area contributed by atoms with Gasteiger partial charge < -0.3 is 10.3 Å². The van der Waals surface area contributed by atoms with Gasteiger partial charge in [-0.25, -0.2) is 4.52 Å². The van der Waals surface area contributed by atoms with Crippen LogP contribution in [-0.2, 0) is 6.42 Å². The topological polar surface area (TPSA) is 79.3 Å². The maximum absolute atomic E-state index is 12.6. The van der Waals surface area contributed by atoms with Gasteiger partial charge in [0.2, 0.25) is 0 Å². The number of carbonyl (C=O) groups excluding carboxylic acids is 1. The average molecular weight is 322 g/mol. The van der Waals surface area contributed by atoms with E-state index >= 15 is 0 Å².